The largest absolute Gasteiger partial charge is 0.367 e. The van der Waals surface area contributed by atoms with E-state index in [4.69, 9.17) is 5.73 Å². The molecule has 0 atom stereocenters. The average Bonchev–Trinajstić information content (AvgIpc) is 2.48. The number of hydrogen-bond acceptors (Lipinski definition) is 5. The third kappa shape index (κ3) is 1.07. The summed E-state index contributed by atoms with van der Waals surface area (Å²) in [5, 5.41) is 3.78. The summed E-state index contributed by atoms with van der Waals surface area (Å²) in [5.41, 5.74) is 5.34. The van der Waals surface area contributed by atoms with E-state index in [0.29, 0.717) is 12.2 Å². The molecule has 0 aliphatic carbocycles. The Morgan fingerprint density at radius 2 is 2.38 bits per heavy atom. The van der Waals surface area contributed by atoms with Crippen LogP contribution in [-0.2, 0) is 6.42 Å². The zero-order chi connectivity index (χ0) is 9.42. The van der Waals surface area contributed by atoms with E-state index in [-0.39, 0.29) is 22.5 Å². The second-order valence-electron chi connectivity index (χ2n) is 2.61. The van der Waals surface area contributed by atoms with Crippen LogP contribution in [0.3, 0.4) is 0 Å². The van der Waals surface area contributed by atoms with Crippen LogP contribution in [0.15, 0.2) is 9.32 Å². The van der Waals surface area contributed by atoms with E-state index in [1.165, 1.54) is 0 Å². The molecule has 0 aliphatic rings. The van der Waals surface area contributed by atoms with Gasteiger partial charge in [-0.15, -0.1) is 0 Å². The first-order chi connectivity index (χ1) is 6.22. The van der Waals surface area contributed by atoms with E-state index in [1.54, 1.807) is 0 Å². The number of aromatic amines is 1. The summed E-state index contributed by atoms with van der Waals surface area (Å²) in [6.07, 6.45) is 0.637. The number of aryl methyl sites for hydroxylation is 1. The van der Waals surface area contributed by atoms with Crippen molar-refractivity contribution < 1.29 is 4.52 Å². The number of fused-ring (bicyclic) bond motifs is 1. The van der Waals surface area contributed by atoms with E-state index in [9.17, 15) is 4.79 Å². The van der Waals surface area contributed by atoms with Crippen LogP contribution >= 0.6 is 0 Å². The molecule has 0 bridgehead atoms. The molecule has 3 N–H and O–H groups in total. The molecule has 68 valence electrons. The lowest BCUT2D eigenvalue weighted by atomic mass is 10.4. The van der Waals surface area contributed by atoms with E-state index in [2.05, 4.69) is 19.6 Å². The average molecular weight is 180 g/mol. The van der Waals surface area contributed by atoms with Gasteiger partial charge in [0, 0.05) is 6.42 Å². The van der Waals surface area contributed by atoms with Gasteiger partial charge in [-0.05, 0) is 0 Å². The predicted molar refractivity (Wildman–Crippen MR) is 46.2 cm³/mol. The van der Waals surface area contributed by atoms with Gasteiger partial charge in [0.1, 0.15) is 5.82 Å². The second-order valence-corrected chi connectivity index (χ2v) is 2.61. The lowest BCUT2D eigenvalue weighted by molar-refractivity contribution is 0.443. The van der Waals surface area contributed by atoms with Crippen LogP contribution in [0.2, 0.25) is 0 Å². The highest BCUT2D eigenvalue weighted by molar-refractivity contribution is 5.83. The number of anilines is 1. The molecule has 6 heteroatoms. The first-order valence-electron chi connectivity index (χ1n) is 3.86. The molecule has 2 aromatic heterocycles. The Kier molecular flexibility index (Phi) is 1.54. The topological polar surface area (TPSA) is 97.8 Å². The van der Waals surface area contributed by atoms with Crippen molar-refractivity contribution in [1.29, 1.82) is 0 Å². The van der Waals surface area contributed by atoms with Crippen LogP contribution in [0.4, 0.5) is 5.88 Å². The van der Waals surface area contributed by atoms with Gasteiger partial charge in [0.15, 0.2) is 5.39 Å². The van der Waals surface area contributed by atoms with Crippen molar-refractivity contribution in [3.05, 3.63) is 16.2 Å². The minimum Gasteiger partial charge on any atom is -0.367 e. The highest BCUT2D eigenvalue weighted by Gasteiger charge is 2.11. The molecule has 0 spiro atoms. The standard InChI is InChI=1S/C7H8N4O2/c1-2-3-9-6-4(7(12)10-3)5(8)13-11-6/h2,8H2,1H3,(H,9,10,11,12). The minimum atomic E-state index is -0.305. The zero-order valence-electron chi connectivity index (χ0n) is 7.00. The summed E-state index contributed by atoms with van der Waals surface area (Å²) in [6.45, 7) is 1.88. The number of H-pyrrole nitrogens is 1. The lowest BCUT2D eigenvalue weighted by Gasteiger charge is -1.93. The Bertz CT molecular complexity index is 499. The highest BCUT2D eigenvalue weighted by atomic mass is 16.5. The molecule has 2 aromatic rings. The first-order valence-corrected chi connectivity index (χ1v) is 3.86. The molecule has 0 fully saturated rings. The molecule has 0 aromatic carbocycles. The molecule has 0 radical (unpaired) electrons. The molecule has 6 nitrogen and oxygen atoms in total. The smallest absolute Gasteiger partial charge is 0.266 e. The number of nitrogens with two attached hydrogens (primary N) is 1. The Morgan fingerprint density at radius 3 is 3.08 bits per heavy atom. The Balaban J connectivity index is 2.87. The van der Waals surface area contributed by atoms with Crippen molar-refractivity contribution in [3.8, 4) is 0 Å². The van der Waals surface area contributed by atoms with Crippen LogP contribution < -0.4 is 11.3 Å². The summed E-state index contributed by atoms with van der Waals surface area (Å²) < 4.78 is 4.64. The Hall–Kier alpha value is -1.85. The van der Waals surface area contributed by atoms with Crippen molar-refractivity contribution in [2.24, 2.45) is 0 Å². The van der Waals surface area contributed by atoms with Crippen LogP contribution in [0.5, 0.6) is 0 Å². The van der Waals surface area contributed by atoms with Crippen LogP contribution in [0, 0.1) is 0 Å². The SMILES string of the molecule is CCc1nc2noc(N)c2c(=O)[nH]1. The predicted octanol–water partition coefficient (Wildman–Crippen LogP) is 0.0557. The van der Waals surface area contributed by atoms with Gasteiger partial charge in [0.05, 0.1) is 0 Å². The van der Waals surface area contributed by atoms with E-state index >= 15 is 0 Å². The van der Waals surface area contributed by atoms with Crippen molar-refractivity contribution in [2.45, 2.75) is 13.3 Å². The maximum atomic E-state index is 11.4. The van der Waals surface area contributed by atoms with Gasteiger partial charge in [0.2, 0.25) is 11.5 Å². The molecule has 0 amide bonds. The second kappa shape index (κ2) is 2.58. The Morgan fingerprint density at radius 1 is 1.62 bits per heavy atom. The van der Waals surface area contributed by atoms with Crippen LogP contribution in [-0.4, -0.2) is 15.1 Å². The maximum absolute atomic E-state index is 11.4. The van der Waals surface area contributed by atoms with Gasteiger partial charge >= 0.3 is 0 Å². The molecule has 13 heavy (non-hydrogen) atoms. The fraction of sp³-hybridized carbons (Fsp3) is 0.286. The molecular weight excluding hydrogens is 172 g/mol. The zero-order valence-corrected chi connectivity index (χ0v) is 7.00. The van der Waals surface area contributed by atoms with Crippen molar-refractivity contribution in [1.82, 2.24) is 15.1 Å². The molecule has 0 unspecified atom stereocenters. The normalized spacial score (nSPS) is 10.8. The van der Waals surface area contributed by atoms with Crippen LogP contribution in [0.25, 0.3) is 11.0 Å². The van der Waals surface area contributed by atoms with Crippen LogP contribution in [0.1, 0.15) is 12.7 Å². The van der Waals surface area contributed by atoms with Crippen molar-refractivity contribution in [3.63, 3.8) is 0 Å². The summed E-state index contributed by atoms with van der Waals surface area (Å²) in [6, 6.07) is 0. The molecule has 0 saturated carbocycles. The fourth-order valence-electron chi connectivity index (χ4n) is 1.10. The van der Waals surface area contributed by atoms with E-state index < -0.39 is 0 Å². The third-order valence-electron chi connectivity index (χ3n) is 1.76. The van der Waals surface area contributed by atoms with Gasteiger partial charge in [-0.1, -0.05) is 12.1 Å². The number of nitrogens with one attached hydrogen (secondary N) is 1. The van der Waals surface area contributed by atoms with Gasteiger partial charge in [0.25, 0.3) is 5.56 Å². The number of hydrogen-bond donors (Lipinski definition) is 2. The molecule has 2 heterocycles. The molecule has 0 saturated heterocycles. The monoisotopic (exact) mass is 180 g/mol. The number of nitrogen functional groups attached to an aromatic ring is 1. The quantitative estimate of drug-likeness (QED) is 0.646. The van der Waals surface area contributed by atoms with Gasteiger partial charge in [-0.3, -0.25) is 4.79 Å². The minimum absolute atomic E-state index is 0.00593. The number of rotatable bonds is 1. The third-order valence-corrected chi connectivity index (χ3v) is 1.76. The summed E-state index contributed by atoms with van der Waals surface area (Å²) >= 11 is 0. The lowest BCUT2D eigenvalue weighted by Crippen LogP contribution is -2.11. The summed E-state index contributed by atoms with van der Waals surface area (Å²) in [5.74, 6) is 0.581. The van der Waals surface area contributed by atoms with Crippen molar-refractivity contribution in [2.75, 3.05) is 5.73 Å². The first kappa shape index (κ1) is 7.78. The summed E-state index contributed by atoms with van der Waals surface area (Å²) in [7, 11) is 0. The maximum Gasteiger partial charge on any atom is 0.266 e. The highest BCUT2D eigenvalue weighted by Crippen LogP contribution is 2.12. The molecule has 0 aliphatic heterocycles. The fourth-order valence-corrected chi connectivity index (χ4v) is 1.10. The van der Waals surface area contributed by atoms with Gasteiger partial charge in [-0.2, -0.15) is 0 Å². The number of aromatic nitrogens is 3. The van der Waals surface area contributed by atoms with Gasteiger partial charge < -0.3 is 15.2 Å². The van der Waals surface area contributed by atoms with Gasteiger partial charge in [-0.25, -0.2) is 4.98 Å². The molecular formula is C7H8N4O2. The van der Waals surface area contributed by atoms with Crippen molar-refractivity contribution >= 4 is 16.9 Å². The Labute approximate surface area is 72.7 Å². The molecule has 2 rings (SSSR count). The number of nitrogens with zero attached hydrogens (tertiary/aromatic N) is 2. The summed E-state index contributed by atoms with van der Waals surface area (Å²) in [4.78, 5) is 18.0. The van der Waals surface area contributed by atoms with E-state index in [0.717, 1.165) is 0 Å². The van der Waals surface area contributed by atoms with E-state index in [1.807, 2.05) is 6.92 Å².